The first-order chi connectivity index (χ1) is 12.1. The molecule has 0 fully saturated rings. The normalized spacial score (nSPS) is 11.7. The fraction of sp³-hybridized carbons (Fsp3) is 0.421. The van der Waals surface area contributed by atoms with Crippen LogP contribution in [-0.4, -0.2) is 26.9 Å². The van der Waals surface area contributed by atoms with Crippen LogP contribution in [0, 0.1) is 0 Å². The first-order valence-corrected chi connectivity index (χ1v) is 8.77. The first-order valence-electron chi connectivity index (χ1n) is 8.77. The van der Waals surface area contributed by atoms with Gasteiger partial charge in [-0.05, 0) is 25.0 Å². The van der Waals surface area contributed by atoms with Gasteiger partial charge < -0.3 is 5.11 Å². The quantitative estimate of drug-likeness (QED) is 0.570. The van der Waals surface area contributed by atoms with Crippen LogP contribution in [0.4, 0.5) is 0 Å². The molecule has 0 spiro atoms. The molecule has 0 unspecified atom stereocenters. The highest BCUT2D eigenvalue weighted by molar-refractivity contribution is 6.02. The van der Waals surface area contributed by atoms with Crippen molar-refractivity contribution in [2.45, 2.75) is 46.0 Å². The van der Waals surface area contributed by atoms with Gasteiger partial charge in [0, 0.05) is 6.54 Å². The number of H-pyrrole nitrogens is 1. The van der Waals surface area contributed by atoms with Crippen molar-refractivity contribution in [3.8, 4) is 11.6 Å². The van der Waals surface area contributed by atoms with Crippen LogP contribution in [0.2, 0.25) is 0 Å². The van der Waals surface area contributed by atoms with E-state index in [0.29, 0.717) is 24.4 Å². The van der Waals surface area contributed by atoms with Gasteiger partial charge in [-0.15, -0.1) is 0 Å². The van der Waals surface area contributed by atoms with Crippen molar-refractivity contribution in [3.63, 3.8) is 0 Å². The predicted molar refractivity (Wildman–Crippen MR) is 100 cm³/mol. The van der Waals surface area contributed by atoms with E-state index in [4.69, 9.17) is 0 Å². The Morgan fingerprint density at radius 3 is 2.48 bits per heavy atom. The van der Waals surface area contributed by atoms with Crippen molar-refractivity contribution in [1.82, 2.24) is 9.55 Å². The zero-order valence-corrected chi connectivity index (χ0v) is 14.8. The lowest BCUT2D eigenvalue weighted by Crippen LogP contribution is -2.33. The third kappa shape index (κ3) is 4.47. The molecule has 0 saturated heterocycles. The molecular formula is C19H25N3O3. The summed E-state index contributed by atoms with van der Waals surface area (Å²) in [5, 5.41) is 10.6. The Bertz CT molecular complexity index is 835. The minimum Gasteiger partial charge on any atom is -0.493 e. The number of hydrogen-bond acceptors (Lipinski definition) is 4. The lowest BCUT2D eigenvalue weighted by atomic mass is 10.1. The van der Waals surface area contributed by atoms with Crippen LogP contribution in [-0.2, 0) is 0 Å². The van der Waals surface area contributed by atoms with E-state index >= 15 is 0 Å². The van der Waals surface area contributed by atoms with Gasteiger partial charge in [0.15, 0.2) is 0 Å². The van der Waals surface area contributed by atoms with Crippen molar-refractivity contribution >= 4 is 5.71 Å². The molecule has 0 aliphatic heterocycles. The van der Waals surface area contributed by atoms with Gasteiger partial charge >= 0.3 is 5.69 Å². The van der Waals surface area contributed by atoms with Crippen molar-refractivity contribution in [2.24, 2.45) is 4.99 Å². The highest BCUT2D eigenvalue weighted by atomic mass is 16.3. The Hall–Kier alpha value is -2.63. The SMILES string of the molecule is CCCCCCN=C(CC)c1c(O)n(-c2ccccc2)c(=O)[nH]c1=O. The largest absolute Gasteiger partial charge is 0.493 e. The van der Waals surface area contributed by atoms with Gasteiger partial charge in [0.1, 0.15) is 5.56 Å². The monoisotopic (exact) mass is 343 g/mol. The number of para-hydroxylation sites is 1. The highest BCUT2D eigenvalue weighted by Gasteiger charge is 2.19. The van der Waals surface area contributed by atoms with E-state index in [1.54, 1.807) is 24.3 Å². The molecule has 1 heterocycles. The lowest BCUT2D eigenvalue weighted by Gasteiger charge is -2.12. The molecule has 0 amide bonds. The molecule has 6 nitrogen and oxygen atoms in total. The molecular weight excluding hydrogens is 318 g/mol. The predicted octanol–water partition coefficient (Wildman–Crippen LogP) is 3.01. The smallest absolute Gasteiger partial charge is 0.335 e. The minimum atomic E-state index is -0.671. The molecule has 25 heavy (non-hydrogen) atoms. The van der Waals surface area contributed by atoms with Gasteiger partial charge in [0.25, 0.3) is 5.56 Å². The summed E-state index contributed by atoms with van der Waals surface area (Å²) in [7, 11) is 0. The summed E-state index contributed by atoms with van der Waals surface area (Å²) in [4.78, 5) is 31.2. The summed E-state index contributed by atoms with van der Waals surface area (Å²) in [6, 6.07) is 8.71. The molecule has 6 heteroatoms. The number of unbranched alkanes of at least 4 members (excludes halogenated alkanes) is 3. The highest BCUT2D eigenvalue weighted by Crippen LogP contribution is 2.18. The second-order valence-corrected chi connectivity index (χ2v) is 5.87. The Balaban J connectivity index is 2.45. The van der Waals surface area contributed by atoms with E-state index in [-0.39, 0.29) is 11.4 Å². The number of aromatic amines is 1. The molecule has 1 aromatic heterocycles. The second kappa shape index (κ2) is 9.01. The van der Waals surface area contributed by atoms with E-state index in [1.165, 1.54) is 0 Å². The zero-order chi connectivity index (χ0) is 18.2. The number of aromatic nitrogens is 2. The number of nitrogens with zero attached hydrogens (tertiary/aromatic N) is 2. The summed E-state index contributed by atoms with van der Waals surface area (Å²) in [6.07, 6.45) is 4.82. The van der Waals surface area contributed by atoms with Crippen LogP contribution in [0.15, 0.2) is 44.9 Å². The van der Waals surface area contributed by atoms with Crippen molar-refractivity contribution in [3.05, 3.63) is 56.7 Å². The number of benzene rings is 1. The summed E-state index contributed by atoms with van der Waals surface area (Å²) in [5.74, 6) is -0.367. The Labute approximate surface area is 146 Å². The third-order valence-electron chi connectivity index (χ3n) is 4.04. The van der Waals surface area contributed by atoms with Crippen LogP contribution < -0.4 is 11.2 Å². The maximum Gasteiger partial charge on any atom is 0.335 e. The molecule has 0 aliphatic carbocycles. The first kappa shape index (κ1) is 18.7. The fourth-order valence-corrected chi connectivity index (χ4v) is 2.72. The van der Waals surface area contributed by atoms with Gasteiger partial charge in [-0.3, -0.25) is 14.8 Å². The number of rotatable bonds is 8. The van der Waals surface area contributed by atoms with E-state index in [1.807, 2.05) is 13.0 Å². The zero-order valence-electron chi connectivity index (χ0n) is 14.8. The van der Waals surface area contributed by atoms with Gasteiger partial charge in [0.05, 0.1) is 11.4 Å². The van der Waals surface area contributed by atoms with Crippen LogP contribution >= 0.6 is 0 Å². The number of aromatic hydroxyl groups is 1. The standard InChI is InChI=1S/C19H25N3O3/c1-3-5-6-10-13-20-15(4-2)16-17(23)21-19(25)22(18(16)24)14-11-8-7-9-12-14/h7-9,11-12,24H,3-6,10,13H2,1-2H3,(H,21,23,25). The average Bonchev–Trinajstić information content (AvgIpc) is 2.60. The molecule has 134 valence electrons. The average molecular weight is 343 g/mol. The van der Waals surface area contributed by atoms with Crippen molar-refractivity contribution < 1.29 is 5.11 Å². The van der Waals surface area contributed by atoms with E-state index in [9.17, 15) is 14.7 Å². The molecule has 1 aromatic carbocycles. The van der Waals surface area contributed by atoms with Gasteiger partial charge in [0.2, 0.25) is 5.88 Å². The number of aliphatic imine (C=N–C) groups is 1. The lowest BCUT2D eigenvalue weighted by molar-refractivity contribution is 0.429. The van der Waals surface area contributed by atoms with Gasteiger partial charge in [-0.25, -0.2) is 9.36 Å². The van der Waals surface area contributed by atoms with E-state index in [2.05, 4.69) is 16.9 Å². The molecule has 2 aromatic rings. The summed E-state index contributed by atoms with van der Waals surface area (Å²) >= 11 is 0. The van der Waals surface area contributed by atoms with Crippen LogP contribution in [0.5, 0.6) is 5.88 Å². The topological polar surface area (TPSA) is 87.4 Å². The Morgan fingerprint density at radius 2 is 1.84 bits per heavy atom. The van der Waals surface area contributed by atoms with E-state index < -0.39 is 11.2 Å². The molecule has 0 saturated carbocycles. The number of hydrogen-bond donors (Lipinski definition) is 2. The summed E-state index contributed by atoms with van der Waals surface area (Å²) in [5.41, 5.74) is -0.207. The second-order valence-electron chi connectivity index (χ2n) is 5.87. The minimum absolute atomic E-state index is 0.0708. The van der Waals surface area contributed by atoms with Gasteiger partial charge in [-0.1, -0.05) is 51.3 Å². The van der Waals surface area contributed by atoms with Crippen LogP contribution in [0.25, 0.3) is 5.69 Å². The number of nitrogens with one attached hydrogen (secondary N) is 1. The van der Waals surface area contributed by atoms with E-state index in [0.717, 1.165) is 30.3 Å². The van der Waals surface area contributed by atoms with Gasteiger partial charge in [-0.2, -0.15) is 0 Å². The fourth-order valence-electron chi connectivity index (χ4n) is 2.72. The third-order valence-corrected chi connectivity index (χ3v) is 4.04. The van der Waals surface area contributed by atoms with Crippen molar-refractivity contribution in [2.75, 3.05) is 6.54 Å². The maximum atomic E-state index is 12.3. The molecule has 0 aliphatic rings. The molecule has 0 atom stereocenters. The maximum absolute atomic E-state index is 12.3. The molecule has 2 rings (SSSR count). The Morgan fingerprint density at radius 1 is 1.12 bits per heavy atom. The Kier molecular flexibility index (Phi) is 6.74. The molecule has 0 radical (unpaired) electrons. The van der Waals surface area contributed by atoms with Crippen LogP contribution in [0.1, 0.15) is 51.5 Å². The van der Waals surface area contributed by atoms with Crippen LogP contribution in [0.3, 0.4) is 0 Å². The summed E-state index contributed by atoms with van der Waals surface area (Å²) in [6.45, 7) is 4.62. The molecule has 2 N–H and O–H groups in total. The summed E-state index contributed by atoms with van der Waals surface area (Å²) < 4.78 is 1.10. The molecule has 0 bridgehead atoms. The van der Waals surface area contributed by atoms with Crippen molar-refractivity contribution in [1.29, 1.82) is 0 Å².